The summed E-state index contributed by atoms with van der Waals surface area (Å²) in [5.41, 5.74) is 0.678. The lowest BCUT2D eigenvalue weighted by Crippen LogP contribution is -2.55. The molecule has 3 saturated heterocycles. The van der Waals surface area contributed by atoms with Gasteiger partial charge in [-0.3, -0.25) is 14.4 Å². The first-order valence-electron chi connectivity index (χ1n) is 13.9. The van der Waals surface area contributed by atoms with Crippen molar-refractivity contribution in [1.29, 1.82) is 0 Å². The molecule has 6 atom stereocenters. The smallest absolute Gasteiger partial charge is 0.310 e. The Labute approximate surface area is 249 Å². The minimum Gasteiger partial charge on any atom is -0.497 e. The summed E-state index contributed by atoms with van der Waals surface area (Å²) in [7, 11) is 1.59. The number of likely N-dealkylation sites (tertiary alicyclic amines) is 1. The van der Waals surface area contributed by atoms with Crippen LogP contribution in [0.15, 0.2) is 49.6 Å². The number of allylic oxidation sites excluding steroid dienone is 1. The molecule has 2 bridgehead atoms. The molecule has 8 nitrogen and oxygen atoms in total. The molecule has 10 heteroatoms. The Morgan fingerprint density at radius 2 is 1.95 bits per heavy atom. The number of thioether (sulfide) groups is 1. The number of carbonyl (C=O) groups is 3. The van der Waals surface area contributed by atoms with Gasteiger partial charge in [-0.05, 0) is 62.8 Å². The van der Waals surface area contributed by atoms with Crippen molar-refractivity contribution < 1.29 is 29.0 Å². The first kappa shape index (κ1) is 30.7. The van der Waals surface area contributed by atoms with Crippen molar-refractivity contribution in [2.75, 3.05) is 38.3 Å². The first-order valence-corrected chi connectivity index (χ1v) is 15.7. The molecule has 3 aliphatic heterocycles. The highest BCUT2D eigenvalue weighted by atomic mass is 79.9. The third-order valence-corrected chi connectivity index (χ3v) is 11.3. The summed E-state index contributed by atoms with van der Waals surface area (Å²) in [5.74, 6) is -1.32. The molecule has 1 aromatic rings. The molecule has 3 aliphatic rings. The summed E-state index contributed by atoms with van der Waals surface area (Å²) < 4.78 is 10.2. The summed E-state index contributed by atoms with van der Waals surface area (Å²) in [4.78, 5) is 45.4. The number of fused-ring (bicyclic) bond motifs is 1. The molecule has 40 heavy (non-hydrogen) atoms. The SMILES string of the molecule is C=CCCCCOC(=O)[C@H]1[C@@H]2SC3(CC2Br)C(C(=O)N(CC=C)c2ccc(OC)cc2)N(CCCCO)C(=O)[C@H]13. The molecule has 3 heterocycles. The van der Waals surface area contributed by atoms with Gasteiger partial charge in [0, 0.05) is 35.5 Å². The fraction of sp³-hybridized carbons (Fsp3) is 0.567. The molecule has 2 amide bonds. The number of carbonyl (C=O) groups excluding carboxylic acids is 3. The largest absolute Gasteiger partial charge is 0.497 e. The average molecular weight is 636 g/mol. The normalized spacial score (nSPS) is 28.3. The Morgan fingerprint density at radius 3 is 2.60 bits per heavy atom. The van der Waals surface area contributed by atoms with Gasteiger partial charge < -0.3 is 24.4 Å². The number of hydrogen-bond donors (Lipinski definition) is 1. The molecule has 0 aliphatic carbocycles. The zero-order valence-electron chi connectivity index (χ0n) is 23.0. The van der Waals surface area contributed by atoms with Gasteiger partial charge in [-0.2, -0.15) is 0 Å². The Kier molecular flexibility index (Phi) is 10.4. The lowest BCUT2D eigenvalue weighted by atomic mass is 9.71. The molecule has 1 N–H and O–H groups in total. The summed E-state index contributed by atoms with van der Waals surface area (Å²) >= 11 is 5.38. The minimum absolute atomic E-state index is 0.00472. The molecule has 0 aromatic heterocycles. The van der Waals surface area contributed by atoms with Crippen molar-refractivity contribution in [3.05, 3.63) is 49.6 Å². The molecule has 218 valence electrons. The highest BCUT2D eigenvalue weighted by Crippen LogP contribution is 2.68. The van der Waals surface area contributed by atoms with E-state index in [-0.39, 0.29) is 41.0 Å². The maximum Gasteiger partial charge on any atom is 0.310 e. The predicted molar refractivity (Wildman–Crippen MR) is 161 cm³/mol. The standard InChI is InChI=1S/C30H39BrN2O6S/c1-4-6-7-10-18-39-29(37)23-24-27(35)33(16-8-9-17-34)26(30(24)19-22(31)25(23)40-30)28(36)32(15-5-2)20-11-13-21(38-3)14-12-20/h4-5,11-14,22-26,34H,1-2,6-10,15-19H2,3H3/t22?,23-,24+,25-,26?,30?/m1/s1. The van der Waals surface area contributed by atoms with Crippen LogP contribution in [-0.2, 0) is 19.1 Å². The van der Waals surface area contributed by atoms with E-state index >= 15 is 0 Å². The third-order valence-electron chi connectivity index (χ3n) is 8.11. The topological polar surface area (TPSA) is 96.4 Å². The van der Waals surface area contributed by atoms with Gasteiger partial charge in [-0.1, -0.05) is 28.1 Å². The van der Waals surface area contributed by atoms with Crippen molar-refractivity contribution in [2.24, 2.45) is 11.8 Å². The average Bonchev–Trinajstić information content (AvgIpc) is 3.55. The number of methoxy groups -OCH3 is 1. The molecule has 3 unspecified atom stereocenters. The Balaban J connectivity index is 1.67. The van der Waals surface area contributed by atoms with E-state index in [1.54, 1.807) is 46.9 Å². The summed E-state index contributed by atoms with van der Waals surface area (Å²) in [6.07, 6.45) is 7.66. The quantitative estimate of drug-likeness (QED) is 0.133. The third kappa shape index (κ3) is 5.72. The lowest BCUT2D eigenvalue weighted by molar-refractivity contribution is -0.154. The number of unbranched alkanes of at least 4 members (excludes halogenated alkanes) is 3. The van der Waals surface area contributed by atoms with Crippen molar-refractivity contribution in [1.82, 2.24) is 4.90 Å². The number of halogens is 1. The number of aliphatic hydroxyl groups is 1. The van der Waals surface area contributed by atoms with Gasteiger partial charge in [0.1, 0.15) is 11.8 Å². The van der Waals surface area contributed by atoms with Gasteiger partial charge in [0.25, 0.3) is 5.91 Å². The number of rotatable bonds is 15. The van der Waals surface area contributed by atoms with Crippen molar-refractivity contribution in [3.8, 4) is 5.75 Å². The van der Waals surface area contributed by atoms with E-state index in [9.17, 15) is 19.5 Å². The van der Waals surface area contributed by atoms with Crippen LogP contribution in [0.2, 0.25) is 0 Å². The molecule has 1 spiro atoms. The van der Waals surface area contributed by atoms with Crippen LogP contribution in [0.4, 0.5) is 5.69 Å². The second kappa shape index (κ2) is 13.6. The number of anilines is 1. The number of esters is 1. The highest BCUT2D eigenvalue weighted by molar-refractivity contribution is 9.09. The molecular weight excluding hydrogens is 596 g/mol. The van der Waals surface area contributed by atoms with Crippen molar-refractivity contribution in [2.45, 2.75) is 59.4 Å². The fourth-order valence-electron chi connectivity index (χ4n) is 6.33. The number of amides is 2. The number of nitrogens with zero attached hydrogens (tertiary/aromatic N) is 2. The second-order valence-corrected chi connectivity index (χ2v) is 13.2. The predicted octanol–water partition coefficient (Wildman–Crippen LogP) is 4.35. The van der Waals surface area contributed by atoms with Crippen LogP contribution >= 0.6 is 27.7 Å². The monoisotopic (exact) mass is 634 g/mol. The van der Waals surface area contributed by atoms with E-state index in [0.717, 1.165) is 19.3 Å². The van der Waals surface area contributed by atoms with E-state index in [4.69, 9.17) is 9.47 Å². The number of hydrogen-bond acceptors (Lipinski definition) is 7. The van der Waals surface area contributed by atoms with Gasteiger partial charge in [-0.15, -0.1) is 24.9 Å². The van der Waals surface area contributed by atoms with Gasteiger partial charge >= 0.3 is 5.97 Å². The Morgan fingerprint density at radius 1 is 1.20 bits per heavy atom. The minimum atomic E-state index is -0.759. The fourth-order valence-corrected chi connectivity index (χ4v) is 9.93. The zero-order valence-corrected chi connectivity index (χ0v) is 25.4. The van der Waals surface area contributed by atoms with Crippen LogP contribution in [0.25, 0.3) is 0 Å². The Bertz CT molecular complexity index is 1100. The number of benzene rings is 1. The number of alkyl halides is 1. The van der Waals surface area contributed by atoms with Gasteiger partial charge in [-0.25, -0.2) is 0 Å². The van der Waals surface area contributed by atoms with Crippen LogP contribution < -0.4 is 9.64 Å². The summed E-state index contributed by atoms with van der Waals surface area (Å²) in [6, 6.07) is 6.47. The van der Waals surface area contributed by atoms with Crippen LogP contribution in [0.1, 0.15) is 38.5 Å². The molecule has 0 radical (unpaired) electrons. The van der Waals surface area contributed by atoms with Gasteiger partial charge in [0.05, 0.1) is 30.3 Å². The van der Waals surface area contributed by atoms with E-state index in [1.807, 2.05) is 18.2 Å². The maximum absolute atomic E-state index is 14.5. The molecule has 0 saturated carbocycles. The van der Waals surface area contributed by atoms with E-state index < -0.39 is 22.6 Å². The van der Waals surface area contributed by atoms with Crippen molar-refractivity contribution in [3.63, 3.8) is 0 Å². The van der Waals surface area contributed by atoms with Crippen LogP contribution in [0, 0.1) is 11.8 Å². The summed E-state index contributed by atoms with van der Waals surface area (Å²) in [5, 5.41) is 9.25. The first-order chi connectivity index (χ1) is 19.3. The van der Waals surface area contributed by atoms with Crippen LogP contribution in [-0.4, -0.2) is 82.1 Å². The molecule has 3 fully saturated rings. The molecule has 4 rings (SSSR count). The van der Waals surface area contributed by atoms with E-state index in [0.29, 0.717) is 43.9 Å². The number of aliphatic hydroxyl groups excluding tert-OH is 1. The molecule has 1 aromatic carbocycles. The van der Waals surface area contributed by atoms with E-state index in [2.05, 4.69) is 29.1 Å². The van der Waals surface area contributed by atoms with Crippen LogP contribution in [0.5, 0.6) is 5.75 Å². The van der Waals surface area contributed by atoms with Gasteiger partial charge in [0.15, 0.2) is 0 Å². The highest BCUT2D eigenvalue weighted by Gasteiger charge is 2.76. The van der Waals surface area contributed by atoms with Gasteiger partial charge in [0.2, 0.25) is 5.91 Å². The summed E-state index contributed by atoms with van der Waals surface area (Å²) in [6.45, 7) is 8.50. The van der Waals surface area contributed by atoms with Crippen LogP contribution in [0.3, 0.4) is 0 Å². The zero-order chi connectivity index (χ0) is 28.9. The van der Waals surface area contributed by atoms with Crippen molar-refractivity contribution >= 4 is 51.2 Å². The second-order valence-electron chi connectivity index (χ2n) is 10.5. The number of ether oxygens (including phenoxy) is 2. The Hall–Kier alpha value is -2.30. The molecular formula is C30H39BrN2O6S. The van der Waals surface area contributed by atoms with E-state index in [1.165, 1.54) is 0 Å². The maximum atomic E-state index is 14.5. The lowest BCUT2D eigenvalue weighted by Gasteiger charge is -2.37.